The van der Waals surface area contributed by atoms with Crippen molar-refractivity contribution in [2.24, 2.45) is 5.73 Å². The monoisotopic (exact) mass is 253 g/mol. The molecule has 0 radical (unpaired) electrons. The number of pyridine rings is 1. The first-order valence-electron chi connectivity index (χ1n) is 5.86. The van der Waals surface area contributed by atoms with Crippen molar-refractivity contribution in [1.29, 1.82) is 0 Å². The number of hydrogen-bond donors (Lipinski definition) is 2. The van der Waals surface area contributed by atoms with Gasteiger partial charge in [-0.15, -0.1) is 0 Å². The number of carbonyl (C=O) groups is 1. The molecule has 6 heteroatoms. The van der Waals surface area contributed by atoms with Gasteiger partial charge in [-0.05, 0) is 19.0 Å². The summed E-state index contributed by atoms with van der Waals surface area (Å²) in [4.78, 5) is 27.3. The van der Waals surface area contributed by atoms with E-state index < -0.39 is 0 Å². The van der Waals surface area contributed by atoms with Crippen LogP contribution in [0.2, 0.25) is 0 Å². The largest absolute Gasteiger partial charge is 0.383 e. The third-order valence-electron chi connectivity index (χ3n) is 2.52. The van der Waals surface area contributed by atoms with Gasteiger partial charge in [-0.3, -0.25) is 9.59 Å². The maximum atomic E-state index is 12.2. The number of amides is 1. The SMILES string of the molecule is COCCN(CCCN)C(=O)c1ccc(=O)[nH]c1. The summed E-state index contributed by atoms with van der Waals surface area (Å²) >= 11 is 0. The van der Waals surface area contributed by atoms with Gasteiger partial charge in [0.05, 0.1) is 12.2 Å². The number of nitrogens with two attached hydrogens (primary N) is 1. The minimum atomic E-state index is -0.225. The molecule has 0 unspecified atom stereocenters. The lowest BCUT2D eigenvalue weighted by molar-refractivity contribution is 0.0694. The number of methoxy groups -OCH3 is 1. The summed E-state index contributed by atoms with van der Waals surface area (Å²) in [6.07, 6.45) is 2.16. The molecular formula is C12H19N3O3. The maximum Gasteiger partial charge on any atom is 0.255 e. The molecule has 0 aliphatic rings. The lowest BCUT2D eigenvalue weighted by Crippen LogP contribution is -2.35. The van der Waals surface area contributed by atoms with Gasteiger partial charge in [-0.2, -0.15) is 0 Å². The molecular weight excluding hydrogens is 234 g/mol. The Bertz CT molecular complexity index is 402. The van der Waals surface area contributed by atoms with Crippen molar-refractivity contribution in [2.45, 2.75) is 6.42 Å². The predicted octanol–water partition coefficient (Wildman–Crippen LogP) is -0.188. The lowest BCUT2D eigenvalue weighted by atomic mass is 10.2. The quantitative estimate of drug-likeness (QED) is 0.705. The van der Waals surface area contributed by atoms with E-state index in [1.54, 1.807) is 12.0 Å². The number of rotatable bonds is 7. The standard InChI is InChI=1S/C12H19N3O3/c1-18-8-7-15(6-2-5-13)12(17)10-3-4-11(16)14-9-10/h3-4,9H,2,5-8,13H2,1H3,(H,14,16). The minimum Gasteiger partial charge on any atom is -0.383 e. The number of aromatic nitrogens is 1. The first-order chi connectivity index (χ1) is 8.69. The van der Waals surface area contributed by atoms with Gasteiger partial charge in [0.15, 0.2) is 0 Å². The van der Waals surface area contributed by atoms with Gasteiger partial charge in [-0.1, -0.05) is 0 Å². The van der Waals surface area contributed by atoms with Gasteiger partial charge in [0.2, 0.25) is 5.56 Å². The minimum absolute atomic E-state index is 0.128. The molecule has 1 rings (SSSR count). The molecule has 1 amide bonds. The van der Waals surface area contributed by atoms with E-state index >= 15 is 0 Å². The van der Waals surface area contributed by atoms with Gasteiger partial charge >= 0.3 is 0 Å². The number of nitrogens with zero attached hydrogens (tertiary/aromatic N) is 1. The van der Waals surface area contributed by atoms with Gasteiger partial charge in [0, 0.05) is 32.5 Å². The number of aromatic amines is 1. The van der Waals surface area contributed by atoms with Crippen LogP contribution in [0.4, 0.5) is 0 Å². The fourth-order valence-electron chi connectivity index (χ4n) is 1.52. The smallest absolute Gasteiger partial charge is 0.255 e. The van der Waals surface area contributed by atoms with Crippen LogP contribution in [0.15, 0.2) is 23.1 Å². The molecule has 1 heterocycles. The van der Waals surface area contributed by atoms with E-state index in [9.17, 15) is 9.59 Å². The summed E-state index contributed by atoms with van der Waals surface area (Å²) in [5.74, 6) is -0.128. The molecule has 3 N–H and O–H groups in total. The van der Waals surface area contributed by atoms with Crippen molar-refractivity contribution in [3.8, 4) is 0 Å². The molecule has 0 aliphatic heterocycles. The predicted molar refractivity (Wildman–Crippen MR) is 68.5 cm³/mol. The van der Waals surface area contributed by atoms with E-state index in [1.165, 1.54) is 18.3 Å². The van der Waals surface area contributed by atoms with E-state index in [4.69, 9.17) is 10.5 Å². The zero-order chi connectivity index (χ0) is 13.4. The van der Waals surface area contributed by atoms with E-state index in [2.05, 4.69) is 4.98 Å². The van der Waals surface area contributed by atoms with Crippen molar-refractivity contribution >= 4 is 5.91 Å². The summed E-state index contributed by atoms with van der Waals surface area (Å²) in [5.41, 5.74) is 5.68. The van der Waals surface area contributed by atoms with Gasteiger partial charge in [0.1, 0.15) is 0 Å². The Balaban J connectivity index is 2.73. The average Bonchev–Trinajstić information content (AvgIpc) is 2.39. The Morgan fingerprint density at radius 3 is 2.78 bits per heavy atom. The van der Waals surface area contributed by atoms with Crippen molar-refractivity contribution in [3.05, 3.63) is 34.2 Å². The first-order valence-corrected chi connectivity index (χ1v) is 5.86. The normalized spacial score (nSPS) is 10.3. The number of carbonyl (C=O) groups excluding carboxylic acids is 1. The summed E-state index contributed by atoms with van der Waals surface area (Å²) in [7, 11) is 1.59. The maximum absolute atomic E-state index is 12.2. The number of ether oxygens (including phenoxy) is 1. The van der Waals surface area contributed by atoms with Crippen LogP contribution >= 0.6 is 0 Å². The molecule has 1 aromatic heterocycles. The summed E-state index contributed by atoms with van der Waals surface area (Å²) in [6.45, 7) is 2.09. The van der Waals surface area contributed by atoms with Crippen molar-refractivity contribution < 1.29 is 9.53 Å². The van der Waals surface area contributed by atoms with Crippen LogP contribution < -0.4 is 11.3 Å². The zero-order valence-electron chi connectivity index (χ0n) is 10.5. The number of H-pyrrole nitrogens is 1. The van der Waals surface area contributed by atoms with Crippen LogP contribution in [-0.4, -0.2) is 49.1 Å². The summed E-state index contributed by atoms with van der Waals surface area (Å²) in [6, 6.07) is 2.86. The van der Waals surface area contributed by atoms with E-state index in [1.807, 2.05) is 0 Å². The second kappa shape index (κ2) is 7.62. The Hall–Kier alpha value is -1.66. The number of hydrogen-bond acceptors (Lipinski definition) is 4. The molecule has 0 saturated heterocycles. The van der Waals surface area contributed by atoms with E-state index in [0.29, 0.717) is 31.8 Å². The van der Waals surface area contributed by atoms with Crippen LogP contribution in [0.3, 0.4) is 0 Å². The first kappa shape index (κ1) is 14.4. The van der Waals surface area contributed by atoms with Crippen molar-refractivity contribution in [3.63, 3.8) is 0 Å². The van der Waals surface area contributed by atoms with E-state index in [-0.39, 0.29) is 11.5 Å². The van der Waals surface area contributed by atoms with Gasteiger partial charge in [0.25, 0.3) is 5.91 Å². The highest BCUT2D eigenvalue weighted by molar-refractivity contribution is 5.93. The lowest BCUT2D eigenvalue weighted by Gasteiger charge is -2.22. The van der Waals surface area contributed by atoms with E-state index in [0.717, 1.165) is 6.42 Å². The molecule has 0 fully saturated rings. The second-order valence-electron chi connectivity index (χ2n) is 3.87. The molecule has 0 spiro atoms. The van der Waals surface area contributed by atoms with Crippen LogP contribution in [0.5, 0.6) is 0 Å². The molecule has 0 saturated carbocycles. The average molecular weight is 253 g/mol. The molecule has 18 heavy (non-hydrogen) atoms. The van der Waals surface area contributed by atoms with Crippen molar-refractivity contribution in [2.75, 3.05) is 33.4 Å². The molecule has 0 atom stereocenters. The second-order valence-corrected chi connectivity index (χ2v) is 3.87. The Labute approximate surface area is 106 Å². The molecule has 100 valence electrons. The molecule has 6 nitrogen and oxygen atoms in total. The fraction of sp³-hybridized carbons (Fsp3) is 0.500. The van der Waals surface area contributed by atoms with Crippen LogP contribution in [0.1, 0.15) is 16.8 Å². The molecule has 1 aromatic rings. The summed E-state index contributed by atoms with van der Waals surface area (Å²) in [5, 5.41) is 0. The van der Waals surface area contributed by atoms with Crippen LogP contribution in [0.25, 0.3) is 0 Å². The molecule has 0 bridgehead atoms. The zero-order valence-corrected chi connectivity index (χ0v) is 10.5. The third-order valence-corrected chi connectivity index (χ3v) is 2.52. The Kier molecular flexibility index (Phi) is 6.10. The highest BCUT2D eigenvalue weighted by Crippen LogP contribution is 2.02. The topological polar surface area (TPSA) is 88.4 Å². The number of nitrogens with one attached hydrogen (secondary N) is 1. The highest BCUT2D eigenvalue weighted by Gasteiger charge is 2.14. The summed E-state index contributed by atoms with van der Waals surface area (Å²) < 4.78 is 4.97. The van der Waals surface area contributed by atoms with Crippen molar-refractivity contribution in [1.82, 2.24) is 9.88 Å². The van der Waals surface area contributed by atoms with Gasteiger partial charge in [-0.25, -0.2) is 0 Å². The third kappa shape index (κ3) is 4.31. The Morgan fingerprint density at radius 2 is 2.22 bits per heavy atom. The molecule has 0 aromatic carbocycles. The Morgan fingerprint density at radius 1 is 1.44 bits per heavy atom. The van der Waals surface area contributed by atoms with Crippen LogP contribution in [0, 0.1) is 0 Å². The highest BCUT2D eigenvalue weighted by atomic mass is 16.5. The van der Waals surface area contributed by atoms with Crippen LogP contribution in [-0.2, 0) is 4.74 Å². The molecule has 0 aliphatic carbocycles. The fourth-order valence-corrected chi connectivity index (χ4v) is 1.52. The van der Waals surface area contributed by atoms with Gasteiger partial charge < -0.3 is 20.4 Å².